The average Bonchev–Trinajstić information content (AvgIpc) is 2.91. The summed E-state index contributed by atoms with van der Waals surface area (Å²) in [5.74, 6) is -0.250. The molecule has 1 aromatic rings. The summed E-state index contributed by atoms with van der Waals surface area (Å²) < 4.78 is 16.4. The molecule has 0 bridgehead atoms. The smallest absolute Gasteiger partial charge is 0.180 e. The number of Topliss-reactive ketones (excluding diaryl/α,β-unsaturated/α-hetero) is 2. The number of benzene rings is 1. The second kappa shape index (κ2) is 6.65. The lowest BCUT2D eigenvalue weighted by Gasteiger charge is -2.09. The third-order valence-electron chi connectivity index (χ3n) is 3.25. The first-order valence-electron chi connectivity index (χ1n) is 6.45. The van der Waals surface area contributed by atoms with Crippen LogP contribution in [0.5, 0.6) is 0 Å². The van der Waals surface area contributed by atoms with E-state index in [1.54, 1.807) is 24.3 Å². The van der Waals surface area contributed by atoms with Gasteiger partial charge in [0.05, 0.1) is 11.9 Å². The Labute approximate surface area is 126 Å². The summed E-state index contributed by atoms with van der Waals surface area (Å²) in [6.07, 6.45) is 1.13. The van der Waals surface area contributed by atoms with Crippen molar-refractivity contribution in [2.45, 2.75) is 30.3 Å². The highest BCUT2D eigenvalue weighted by Gasteiger charge is 2.32. The van der Waals surface area contributed by atoms with Gasteiger partial charge in [-0.3, -0.25) is 13.8 Å². The van der Waals surface area contributed by atoms with Gasteiger partial charge in [-0.05, 0) is 12.8 Å². The average molecular weight is 312 g/mol. The van der Waals surface area contributed by atoms with Crippen LogP contribution in [0.3, 0.4) is 0 Å². The second-order valence-corrected chi connectivity index (χ2v) is 6.54. The van der Waals surface area contributed by atoms with Crippen LogP contribution in [0.2, 0.25) is 0 Å². The summed E-state index contributed by atoms with van der Waals surface area (Å²) in [6.45, 7) is 2.24. The molecule has 1 aromatic carbocycles. The second-order valence-electron chi connectivity index (χ2n) is 4.59. The van der Waals surface area contributed by atoms with Gasteiger partial charge in [-0.1, -0.05) is 31.2 Å². The molecule has 0 radical (unpaired) electrons. The van der Waals surface area contributed by atoms with Crippen molar-refractivity contribution in [3.05, 3.63) is 35.4 Å². The Balaban J connectivity index is 2.14. The van der Waals surface area contributed by atoms with E-state index >= 15 is 0 Å². The van der Waals surface area contributed by atoms with Crippen LogP contribution in [0.4, 0.5) is 0 Å². The van der Waals surface area contributed by atoms with Gasteiger partial charge < -0.3 is 0 Å². The van der Waals surface area contributed by atoms with E-state index < -0.39 is 16.3 Å². The molecule has 4 nitrogen and oxygen atoms in total. The number of carbonyl (C=O) groups excluding carboxylic acids is 2. The molecule has 108 valence electrons. The van der Waals surface area contributed by atoms with Crippen LogP contribution in [0.1, 0.15) is 40.5 Å². The molecule has 20 heavy (non-hydrogen) atoms. The first-order valence-corrected chi connectivity index (χ1v) is 8.10. The summed E-state index contributed by atoms with van der Waals surface area (Å²) in [5.41, 5.74) is 0.991. The van der Waals surface area contributed by atoms with Crippen LogP contribution in [0.15, 0.2) is 24.3 Å². The van der Waals surface area contributed by atoms with Crippen molar-refractivity contribution >= 4 is 35.3 Å². The first kappa shape index (κ1) is 15.4. The van der Waals surface area contributed by atoms with Gasteiger partial charge in [-0.2, -0.15) is 12.6 Å². The molecule has 0 spiro atoms. The molecule has 1 heterocycles. The molecule has 1 fully saturated rings. The molecule has 1 saturated heterocycles. The van der Waals surface area contributed by atoms with E-state index in [0.717, 1.165) is 0 Å². The topological polar surface area (TPSA) is 60.4 Å². The third-order valence-corrected chi connectivity index (χ3v) is 5.16. The van der Waals surface area contributed by atoms with Crippen molar-refractivity contribution in [1.82, 2.24) is 0 Å². The third kappa shape index (κ3) is 3.19. The Morgan fingerprint density at radius 3 is 2.45 bits per heavy atom. The van der Waals surface area contributed by atoms with Crippen molar-refractivity contribution in [3.63, 3.8) is 0 Å². The van der Waals surface area contributed by atoms with Gasteiger partial charge in [0.15, 0.2) is 22.6 Å². The molecule has 2 rings (SSSR count). The predicted molar refractivity (Wildman–Crippen MR) is 80.7 cm³/mol. The molecule has 0 aromatic heterocycles. The SMILES string of the molecule is CCC(S)C(=O)c1ccc(C(=O)C2CCOS2=O)cc1. The maximum atomic E-state index is 12.2. The largest absolute Gasteiger partial charge is 0.293 e. The van der Waals surface area contributed by atoms with Gasteiger partial charge in [-0.25, -0.2) is 4.21 Å². The molecule has 0 aliphatic carbocycles. The minimum atomic E-state index is -1.54. The lowest BCUT2D eigenvalue weighted by molar-refractivity contribution is 0.0977. The standard InChI is InChI=1S/C14H16O4S2/c1-2-11(19)13(15)9-3-5-10(6-4-9)14(16)12-7-8-18-20(12)17/h3-6,11-12,19H,2,7-8H2,1H3. The predicted octanol–water partition coefficient (Wildman–Crippen LogP) is 2.21. The quantitative estimate of drug-likeness (QED) is 0.669. The molecule has 1 aliphatic heterocycles. The van der Waals surface area contributed by atoms with Crippen molar-refractivity contribution in [2.75, 3.05) is 6.61 Å². The molecule has 0 amide bonds. The highest BCUT2D eigenvalue weighted by atomic mass is 32.2. The van der Waals surface area contributed by atoms with Crippen molar-refractivity contribution in [3.8, 4) is 0 Å². The zero-order valence-corrected chi connectivity index (χ0v) is 12.8. The molecule has 0 N–H and O–H groups in total. The van der Waals surface area contributed by atoms with Gasteiger partial charge >= 0.3 is 0 Å². The summed E-state index contributed by atoms with van der Waals surface area (Å²) in [6, 6.07) is 6.43. The van der Waals surface area contributed by atoms with E-state index in [1.807, 2.05) is 6.92 Å². The molecule has 1 aliphatic rings. The van der Waals surface area contributed by atoms with E-state index in [9.17, 15) is 13.8 Å². The molecule has 0 saturated carbocycles. The molecular formula is C14H16O4S2. The Morgan fingerprint density at radius 2 is 1.95 bits per heavy atom. The normalized spacial score (nSPS) is 23.5. The molecule has 3 unspecified atom stereocenters. The summed E-state index contributed by atoms with van der Waals surface area (Å²) in [7, 11) is 0. The van der Waals surface area contributed by atoms with E-state index in [2.05, 4.69) is 12.6 Å². The van der Waals surface area contributed by atoms with Crippen LogP contribution in [-0.4, -0.2) is 32.9 Å². The van der Waals surface area contributed by atoms with Gasteiger partial charge in [0, 0.05) is 11.1 Å². The number of thiol groups is 1. The Morgan fingerprint density at radius 1 is 1.35 bits per heavy atom. The summed E-state index contributed by atoms with van der Waals surface area (Å²) in [5, 5.41) is -0.919. The van der Waals surface area contributed by atoms with E-state index in [-0.39, 0.29) is 16.8 Å². The lowest BCUT2D eigenvalue weighted by atomic mass is 10.0. The highest BCUT2D eigenvalue weighted by Crippen LogP contribution is 2.19. The van der Waals surface area contributed by atoms with Crippen molar-refractivity contribution in [2.24, 2.45) is 0 Å². The zero-order valence-electron chi connectivity index (χ0n) is 11.1. The van der Waals surface area contributed by atoms with Crippen LogP contribution in [0, 0.1) is 0 Å². The van der Waals surface area contributed by atoms with Gasteiger partial charge in [0.1, 0.15) is 5.25 Å². The fraction of sp³-hybridized carbons (Fsp3) is 0.429. The maximum Gasteiger partial charge on any atom is 0.180 e. The first-order chi connectivity index (χ1) is 9.54. The Bertz CT molecular complexity index is 539. The van der Waals surface area contributed by atoms with Crippen molar-refractivity contribution < 1.29 is 18.0 Å². The molecular weight excluding hydrogens is 296 g/mol. The number of hydrogen-bond acceptors (Lipinski definition) is 5. The molecule has 6 heteroatoms. The number of carbonyl (C=O) groups is 2. The minimum Gasteiger partial charge on any atom is -0.293 e. The Kier molecular flexibility index (Phi) is 5.12. The van der Waals surface area contributed by atoms with Crippen LogP contribution < -0.4 is 0 Å². The van der Waals surface area contributed by atoms with Crippen LogP contribution >= 0.6 is 12.6 Å². The minimum absolute atomic E-state index is 0.0531. The van der Waals surface area contributed by atoms with E-state index in [1.165, 1.54) is 0 Å². The lowest BCUT2D eigenvalue weighted by Crippen LogP contribution is -2.22. The van der Waals surface area contributed by atoms with E-state index in [4.69, 9.17) is 4.18 Å². The Hall–Kier alpha value is -0.980. The van der Waals surface area contributed by atoms with Gasteiger partial charge in [0.25, 0.3) is 0 Å². The van der Waals surface area contributed by atoms with Gasteiger partial charge in [0.2, 0.25) is 0 Å². The maximum absolute atomic E-state index is 12.2. The molecule has 3 atom stereocenters. The van der Waals surface area contributed by atoms with Gasteiger partial charge in [-0.15, -0.1) is 0 Å². The zero-order chi connectivity index (χ0) is 14.7. The number of rotatable bonds is 5. The fourth-order valence-corrected chi connectivity index (χ4v) is 3.17. The summed E-state index contributed by atoms with van der Waals surface area (Å²) >= 11 is 2.67. The highest BCUT2D eigenvalue weighted by molar-refractivity contribution is 7.82. The summed E-state index contributed by atoms with van der Waals surface area (Å²) in [4.78, 5) is 24.1. The number of hydrogen-bond donors (Lipinski definition) is 1. The monoisotopic (exact) mass is 312 g/mol. The fourth-order valence-electron chi connectivity index (χ4n) is 2.00. The van der Waals surface area contributed by atoms with E-state index in [0.29, 0.717) is 30.6 Å². The van der Waals surface area contributed by atoms with Crippen LogP contribution in [-0.2, 0) is 15.3 Å². The van der Waals surface area contributed by atoms with Crippen molar-refractivity contribution in [1.29, 1.82) is 0 Å². The van der Waals surface area contributed by atoms with Crippen LogP contribution in [0.25, 0.3) is 0 Å². The number of ketones is 2.